The summed E-state index contributed by atoms with van der Waals surface area (Å²) < 4.78 is 107. The second-order valence-electron chi connectivity index (χ2n) is 18.3. The molecule has 7 rings (SSSR count). The first-order chi connectivity index (χ1) is 27.8. The molecule has 3 fully saturated rings. The van der Waals surface area contributed by atoms with Crippen LogP contribution in [0.1, 0.15) is 110 Å². The van der Waals surface area contributed by atoms with Crippen LogP contribution in [0.25, 0.3) is 10.9 Å². The molecule has 60 heavy (non-hydrogen) atoms. The van der Waals surface area contributed by atoms with Gasteiger partial charge in [0.2, 0.25) is 21.8 Å². The fraction of sp³-hybridized carbons (Fsp3) is 0.634. The molecule has 0 unspecified atom stereocenters. The SMILES string of the molecule is COc1ccc2nc(C(F)(F)F)c3c(c2c1)[C@@](C)(F)C[C@]1(C[C@H]2C(=O)N[C@]4(C(=O)NS(=O)(=O)C5(C)CC5)C[C@H]4/C=C\CCCCC[C@H](NC(=O)OC(C)(C)C)C(=O)N2C1)O3. The maximum absolute atomic E-state index is 17.5. The summed E-state index contributed by atoms with van der Waals surface area (Å²) in [6, 6.07) is 1.15. The van der Waals surface area contributed by atoms with Crippen LogP contribution in [0.15, 0.2) is 30.4 Å². The minimum absolute atomic E-state index is 0.0104. The average molecular weight is 866 g/mol. The number of hydrogen-bond donors (Lipinski definition) is 3. The van der Waals surface area contributed by atoms with E-state index in [2.05, 4.69) is 20.3 Å². The highest BCUT2D eigenvalue weighted by atomic mass is 32.2. The van der Waals surface area contributed by atoms with Gasteiger partial charge in [0.1, 0.15) is 40.2 Å². The second kappa shape index (κ2) is 14.8. The van der Waals surface area contributed by atoms with Crippen LogP contribution in [0.5, 0.6) is 11.5 Å². The molecule has 3 aliphatic heterocycles. The number of halogens is 4. The van der Waals surface area contributed by atoms with E-state index in [9.17, 15) is 40.8 Å². The molecule has 5 aliphatic rings. The lowest BCUT2D eigenvalue weighted by molar-refractivity contribution is -0.145. The lowest BCUT2D eigenvalue weighted by Gasteiger charge is -2.42. The number of sulfonamides is 1. The zero-order valence-electron chi connectivity index (χ0n) is 34.4. The van der Waals surface area contributed by atoms with Gasteiger partial charge in [-0.05, 0) is 91.3 Å². The summed E-state index contributed by atoms with van der Waals surface area (Å²) in [5.41, 5.74) is -9.33. The zero-order chi connectivity index (χ0) is 43.8. The van der Waals surface area contributed by atoms with Gasteiger partial charge in [0, 0.05) is 29.7 Å². The zero-order valence-corrected chi connectivity index (χ0v) is 35.2. The van der Waals surface area contributed by atoms with Crippen molar-refractivity contribution in [2.45, 2.75) is 144 Å². The number of ether oxygens (including phenoxy) is 3. The molecule has 14 nitrogen and oxygen atoms in total. The molecule has 3 N–H and O–H groups in total. The minimum Gasteiger partial charge on any atom is -0.497 e. The Hall–Kier alpha value is -4.68. The van der Waals surface area contributed by atoms with E-state index in [4.69, 9.17) is 14.2 Å². The lowest BCUT2D eigenvalue weighted by Crippen LogP contribution is -2.58. The van der Waals surface area contributed by atoms with Gasteiger partial charge in [0.25, 0.3) is 5.91 Å². The molecule has 1 saturated heterocycles. The van der Waals surface area contributed by atoms with Gasteiger partial charge >= 0.3 is 12.3 Å². The van der Waals surface area contributed by atoms with Crippen molar-refractivity contribution in [2.24, 2.45) is 5.92 Å². The first kappa shape index (κ1) is 43.4. The molecule has 0 bridgehead atoms. The summed E-state index contributed by atoms with van der Waals surface area (Å²) in [5.74, 6) is -4.04. The molecule has 2 aliphatic carbocycles. The molecule has 2 saturated carbocycles. The van der Waals surface area contributed by atoms with Gasteiger partial charge < -0.3 is 29.7 Å². The third-order valence-corrected chi connectivity index (χ3v) is 14.4. The molecular formula is C41H51F4N5O9S. The van der Waals surface area contributed by atoms with Gasteiger partial charge in [-0.3, -0.25) is 19.1 Å². The van der Waals surface area contributed by atoms with Crippen LogP contribution < -0.4 is 24.8 Å². The number of methoxy groups -OCH3 is 1. The van der Waals surface area contributed by atoms with Crippen LogP contribution in [0, 0.1) is 5.92 Å². The molecule has 6 atom stereocenters. The fourth-order valence-electron chi connectivity index (χ4n) is 8.74. The third-order valence-electron chi connectivity index (χ3n) is 12.2. The van der Waals surface area contributed by atoms with E-state index < -0.39 is 122 Å². The van der Waals surface area contributed by atoms with Crippen LogP contribution >= 0.6 is 0 Å². The number of rotatable bonds is 5. The number of nitrogens with one attached hydrogen (secondary N) is 3. The van der Waals surface area contributed by atoms with Crippen molar-refractivity contribution in [3.63, 3.8) is 0 Å². The van der Waals surface area contributed by atoms with Gasteiger partial charge in [-0.15, -0.1) is 0 Å². The number of carbonyl (C=O) groups is 4. The summed E-state index contributed by atoms with van der Waals surface area (Å²) in [5, 5.41) is 5.33. The summed E-state index contributed by atoms with van der Waals surface area (Å²) in [6.07, 6.45) is -0.591. The molecule has 2 aromatic rings. The summed E-state index contributed by atoms with van der Waals surface area (Å²) in [6.45, 7) is 6.89. The number of carbonyl (C=O) groups excluding carboxylic acids is 4. The van der Waals surface area contributed by atoms with Gasteiger partial charge in [0.05, 0.1) is 23.9 Å². The number of amides is 4. The molecule has 19 heteroatoms. The molecule has 0 radical (unpaired) electrons. The quantitative estimate of drug-likeness (QED) is 0.244. The van der Waals surface area contributed by atoms with E-state index >= 15 is 4.39 Å². The van der Waals surface area contributed by atoms with Crippen molar-refractivity contribution in [2.75, 3.05) is 13.7 Å². The Morgan fingerprint density at radius 2 is 1.78 bits per heavy atom. The van der Waals surface area contributed by atoms with Crippen molar-refractivity contribution < 1.29 is 59.4 Å². The van der Waals surface area contributed by atoms with Crippen LogP contribution in [-0.2, 0) is 41.0 Å². The highest BCUT2D eigenvalue weighted by Crippen LogP contribution is 2.56. The minimum atomic E-state index is -5.13. The highest BCUT2D eigenvalue weighted by Gasteiger charge is 2.65. The molecule has 1 aromatic carbocycles. The van der Waals surface area contributed by atoms with Gasteiger partial charge in [0.15, 0.2) is 11.4 Å². The second-order valence-corrected chi connectivity index (χ2v) is 20.5. The van der Waals surface area contributed by atoms with Crippen molar-refractivity contribution >= 4 is 44.7 Å². The lowest BCUT2D eigenvalue weighted by atomic mass is 9.78. The first-order valence-corrected chi connectivity index (χ1v) is 21.6. The number of fused-ring (bicyclic) bond motifs is 5. The van der Waals surface area contributed by atoms with Crippen molar-refractivity contribution in [1.82, 2.24) is 25.2 Å². The third kappa shape index (κ3) is 8.21. The smallest absolute Gasteiger partial charge is 0.437 e. The molecule has 4 amide bonds. The van der Waals surface area contributed by atoms with Crippen LogP contribution in [0.2, 0.25) is 0 Å². The average Bonchev–Trinajstić information content (AvgIpc) is 4.02. The fourth-order valence-corrected chi connectivity index (χ4v) is 10.1. The Balaban J connectivity index is 1.31. The van der Waals surface area contributed by atoms with E-state index in [-0.39, 0.29) is 29.5 Å². The number of hydrogen-bond acceptors (Lipinski definition) is 10. The number of alkyl carbamates (subject to hydrolysis) is 1. The van der Waals surface area contributed by atoms with Crippen LogP contribution in [-0.4, -0.2) is 89.3 Å². The normalized spacial score (nSPS) is 31.0. The molecule has 4 heterocycles. The Kier molecular flexibility index (Phi) is 10.7. The predicted molar refractivity (Wildman–Crippen MR) is 209 cm³/mol. The number of aromatic nitrogens is 1. The van der Waals surface area contributed by atoms with E-state index in [0.29, 0.717) is 38.5 Å². The van der Waals surface area contributed by atoms with Crippen LogP contribution in [0.3, 0.4) is 0 Å². The molecule has 1 aromatic heterocycles. The number of allylic oxidation sites excluding steroid dienone is 1. The highest BCUT2D eigenvalue weighted by molar-refractivity contribution is 7.91. The topological polar surface area (TPSA) is 182 Å². The van der Waals surface area contributed by atoms with Gasteiger partial charge in [-0.25, -0.2) is 22.6 Å². The van der Waals surface area contributed by atoms with Crippen molar-refractivity contribution in [3.8, 4) is 11.5 Å². The Bertz CT molecular complexity index is 2260. The van der Waals surface area contributed by atoms with Crippen molar-refractivity contribution in [3.05, 3.63) is 41.6 Å². The molecule has 1 spiro atoms. The number of pyridine rings is 1. The summed E-state index contributed by atoms with van der Waals surface area (Å²) in [7, 11) is -2.80. The van der Waals surface area contributed by atoms with Crippen LogP contribution in [0.4, 0.5) is 22.4 Å². The van der Waals surface area contributed by atoms with Crippen molar-refractivity contribution in [1.29, 1.82) is 0 Å². The monoisotopic (exact) mass is 865 g/mol. The van der Waals surface area contributed by atoms with E-state index in [1.54, 1.807) is 26.8 Å². The molecule has 328 valence electrons. The van der Waals surface area contributed by atoms with E-state index in [1.807, 2.05) is 6.08 Å². The Morgan fingerprint density at radius 3 is 2.43 bits per heavy atom. The Labute approximate surface area is 345 Å². The van der Waals surface area contributed by atoms with Gasteiger partial charge in [-0.1, -0.05) is 25.0 Å². The maximum atomic E-state index is 17.5. The summed E-state index contributed by atoms with van der Waals surface area (Å²) in [4.78, 5) is 61.5. The largest absolute Gasteiger partial charge is 0.497 e. The van der Waals surface area contributed by atoms with E-state index in [0.717, 1.165) is 11.8 Å². The number of alkyl halides is 4. The Morgan fingerprint density at radius 1 is 1.07 bits per heavy atom. The molecular weight excluding hydrogens is 815 g/mol. The summed E-state index contributed by atoms with van der Waals surface area (Å²) >= 11 is 0. The predicted octanol–water partition coefficient (Wildman–Crippen LogP) is 5.86. The maximum Gasteiger partial charge on any atom is 0.437 e. The number of nitrogens with zero attached hydrogens (tertiary/aromatic N) is 2. The first-order valence-electron chi connectivity index (χ1n) is 20.2. The number of benzene rings is 1. The van der Waals surface area contributed by atoms with Gasteiger partial charge in [-0.2, -0.15) is 13.2 Å². The standard InChI is InChI=1S/C41H51F4N5O9S/c1-36(2,3)59-35(54)47-27-13-11-9-7-8-10-12-23-19-40(23,34(53)49-60(55,56)37(4)16-17-37)48-32(51)28-20-39(22-50(28)33(27)52)21-38(5,42)29-25-18-24(57-6)14-15-26(25)46-31(30(29)58-39)41(43,44)45/h10,12,14-15,18,23,27-28H,7-9,11,13,16-17,19-22H2,1-6H3,(H,47,54)(H,48,51)(H,49,53)/b12-10-/t23-,27+,28+,38+,39+,40-/m1/s1. The van der Waals surface area contributed by atoms with E-state index in [1.165, 1.54) is 32.2 Å².